The average Bonchev–Trinajstić information content (AvgIpc) is 2.43. The molecule has 2 unspecified atom stereocenters. The van der Waals surface area contributed by atoms with E-state index in [1.807, 2.05) is 0 Å². The van der Waals surface area contributed by atoms with Crippen LogP contribution < -0.4 is 0 Å². The van der Waals surface area contributed by atoms with E-state index in [-0.39, 0.29) is 6.54 Å². The van der Waals surface area contributed by atoms with Crippen LogP contribution in [0.4, 0.5) is 35.9 Å². The minimum Gasteiger partial charge on any atom is -0.465 e. The highest BCUT2D eigenvalue weighted by Crippen LogP contribution is 2.50. The number of amides is 2. The van der Waals surface area contributed by atoms with Gasteiger partial charge >= 0.3 is 24.5 Å². The number of carbonyl (C=O) groups excluding carboxylic acids is 1. The Balaban J connectivity index is 3.43. The van der Waals surface area contributed by atoms with Gasteiger partial charge < -0.3 is 19.6 Å². The van der Waals surface area contributed by atoms with Crippen molar-refractivity contribution in [3.05, 3.63) is 0 Å². The lowest BCUT2D eigenvalue weighted by Gasteiger charge is -2.52. The Morgan fingerprint density at radius 2 is 1.61 bits per heavy atom. The van der Waals surface area contributed by atoms with E-state index >= 15 is 0 Å². The third-order valence-corrected chi connectivity index (χ3v) is 4.92. The molecule has 2 amide bonds. The standard InChI is InChI=1S/C16H24F6N2O4/c1-13(2,3)28-12(27)23(5)14(4)6-7-24(11(25)26)8-9(14)10(15(17,18)19)16(20,21)22/h9-10H,6-8H2,1-5H3,(H,25,26). The molecule has 1 saturated heterocycles. The van der Waals surface area contributed by atoms with Crippen molar-refractivity contribution in [3.63, 3.8) is 0 Å². The maximum Gasteiger partial charge on any atom is 0.410 e. The molecule has 0 aliphatic carbocycles. The summed E-state index contributed by atoms with van der Waals surface area (Å²) in [6.07, 6.45) is -14.5. The van der Waals surface area contributed by atoms with Gasteiger partial charge in [-0.05, 0) is 34.1 Å². The summed E-state index contributed by atoms with van der Waals surface area (Å²) >= 11 is 0. The molecule has 0 bridgehead atoms. The van der Waals surface area contributed by atoms with Gasteiger partial charge in [0.2, 0.25) is 0 Å². The number of rotatable bonds is 2. The van der Waals surface area contributed by atoms with Crippen LogP contribution >= 0.6 is 0 Å². The van der Waals surface area contributed by atoms with Crippen LogP contribution in [0.5, 0.6) is 0 Å². The number of piperidine rings is 1. The first-order chi connectivity index (χ1) is 12.3. The summed E-state index contributed by atoms with van der Waals surface area (Å²) < 4.78 is 85.4. The maximum absolute atomic E-state index is 13.4. The smallest absolute Gasteiger partial charge is 0.410 e. The SMILES string of the molecule is CN(C(=O)OC(C)(C)C)C1(C)CCN(C(=O)O)CC1C(C(F)(F)F)C(F)(F)F. The predicted octanol–water partition coefficient (Wildman–Crippen LogP) is 4.35. The van der Waals surface area contributed by atoms with Crippen molar-refractivity contribution < 1.29 is 45.8 Å². The second kappa shape index (κ2) is 7.51. The molecule has 0 aromatic rings. The molecule has 6 nitrogen and oxygen atoms in total. The van der Waals surface area contributed by atoms with Crippen LogP contribution in [0.15, 0.2) is 0 Å². The van der Waals surface area contributed by atoms with Crippen molar-refractivity contribution in [2.75, 3.05) is 20.1 Å². The van der Waals surface area contributed by atoms with Gasteiger partial charge in [-0.2, -0.15) is 26.3 Å². The van der Waals surface area contributed by atoms with E-state index in [2.05, 4.69) is 0 Å². The molecule has 0 radical (unpaired) electrons. The minimum atomic E-state index is -5.68. The Morgan fingerprint density at radius 1 is 1.14 bits per heavy atom. The molecule has 0 saturated carbocycles. The van der Waals surface area contributed by atoms with Gasteiger partial charge in [0.15, 0.2) is 5.92 Å². The maximum atomic E-state index is 13.4. The molecule has 1 N–H and O–H groups in total. The fraction of sp³-hybridized carbons (Fsp3) is 0.875. The summed E-state index contributed by atoms with van der Waals surface area (Å²) in [6.45, 7) is 4.24. The van der Waals surface area contributed by atoms with Crippen molar-refractivity contribution in [2.24, 2.45) is 11.8 Å². The Kier molecular flexibility index (Phi) is 6.48. The van der Waals surface area contributed by atoms with Gasteiger partial charge in [-0.25, -0.2) is 9.59 Å². The quantitative estimate of drug-likeness (QED) is 0.672. The topological polar surface area (TPSA) is 70.1 Å². The van der Waals surface area contributed by atoms with Crippen molar-refractivity contribution in [2.45, 2.75) is 57.6 Å². The molecule has 164 valence electrons. The highest BCUT2D eigenvalue weighted by Gasteiger charge is 2.65. The van der Waals surface area contributed by atoms with Crippen LogP contribution in [0.25, 0.3) is 0 Å². The Labute approximate surface area is 158 Å². The van der Waals surface area contributed by atoms with Crippen molar-refractivity contribution in [3.8, 4) is 0 Å². The summed E-state index contributed by atoms with van der Waals surface area (Å²) in [6, 6.07) is 0. The third-order valence-electron chi connectivity index (χ3n) is 4.92. The first-order valence-electron chi connectivity index (χ1n) is 8.39. The number of ether oxygens (including phenoxy) is 1. The molecule has 28 heavy (non-hydrogen) atoms. The number of likely N-dealkylation sites (tertiary alicyclic amines) is 1. The zero-order chi connectivity index (χ0) is 22.3. The van der Waals surface area contributed by atoms with Crippen molar-refractivity contribution >= 4 is 12.2 Å². The number of carboxylic acid groups (broad SMARTS) is 1. The molecular weight excluding hydrogens is 398 g/mol. The molecular formula is C16H24F6N2O4. The highest BCUT2D eigenvalue weighted by molar-refractivity contribution is 5.69. The third kappa shape index (κ3) is 5.34. The van der Waals surface area contributed by atoms with Crippen molar-refractivity contribution in [1.82, 2.24) is 9.80 Å². The van der Waals surface area contributed by atoms with Gasteiger partial charge in [-0.3, -0.25) is 0 Å². The summed E-state index contributed by atoms with van der Waals surface area (Å²) in [5, 5.41) is 9.07. The van der Waals surface area contributed by atoms with E-state index in [9.17, 15) is 35.9 Å². The van der Waals surface area contributed by atoms with E-state index in [0.717, 1.165) is 14.0 Å². The molecule has 1 fully saturated rings. The molecule has 0 aromatic heterocycles. The fourth-order valence-electron chi connectivity index (χ4n) is 3.31. The lowest BCUT2D eigenvalue weighted by molar-refractivity contribution is -0.310. The molecule has 12 heteroatoms. The molecule has 2 atom stereocenters. The Morgan fingerprint density at radius 3 is 1.96 bits per heavy atom. The summed E-state index contributed by atoms with van der Waals surface area (Å²) in [5.74, 6) is -6.08. The highest BCUT2D eigenvalue weighted by atomic mass is 19.4. The zero-order valence-corrected chi connectivity index (χ0v) is 16.1. The molecule has 0 aromatic carbocycles. The molecule has 1 aliphatic heterocycles. The second-order valence-corrected chi connectivity index (χ2v) is 8.04. The minimum absolute atomic E-state index is 0.322. The first-order valence-corrected chi connectivity index (χ1v) is 8.39. The number of alkyl halides is 6. The lowest BCUT2D eigenvalue weighted by Crippen LogP contribution is -2.66. The normalized spacial score (nSPS) is 24.3. The van der Waals surface area contributed by atoms with Gasteiger partial charge in [-0.1, -0.05) is 0 Å². The second-order valence-electron chi connectivity index (χ2n) is 8.04. The van der Waals surface area contributed by atoms with Crippen LogP contribution in [0, 0.1) is 11.8 Å². The van der Waals surface area contributed by atoms with Crippen LogP contribution in [-0.4, -0.2) is 70.7 Å². The molecule has 0 spiro atoms. The van der Waals surface area contributed by atoms with Crippen LogP contribution in [0.2, 0.25) is 0 Å². The van der Waals surface area contributed by atoms with E-state index in [1.165, 1.54) is 20.8 Å². The molecule has 1 heterocycles. The summed E-state index contributed by atoms with van der Waals surface area (Å²) in [7, 11) is 1.06. The van der Waals surface area contributed by atoms with Gasteiger partial charge in [0.25, 0.3) is 0 Å². The summed E-state index contributed by atoms with van der Waals surface area (Å²) in [4.78, 5) is 24.8. The zero-order valence-electron chi connectivity index (χ0n) is 16.1. The van der Waals surface area contributed by atoms with E-state index in [1.54, 1.807) is 0 Å². The van der Waals surface area contributed by atoms with Crippen LogP contribution in [0.3, 0.4) is 0 Å². The van der Waals surface area contributed by atoms with Crippen LogP contribution in [0.1, 0.15) is 34.1 Å². The monoisotopic (exact) mass is 422 g/mol. The number of nitrogens with zero attached hydrogens (tertiary/aromatic N) is 2. The van der Waals surface area contributed by atoms with Crippen LogP contribution in [-0.2, 0) is 4.74 Å². The van der Waals surface area contributed by atoms with Crippen molar-refractivity contribution in [1.29, 1.82) is 0 Å². The van der Waals surface area contributed by atoms with Gasteiger partial charge in [-0.15, -0.1) is 0 Å². The molecule has 1 aliphatic rings. The number of carbonyl (C=O) groups is 2. The lowest BCUT2D eigenvalue weighted by atomic mass is 9.70. The largest absolute Gasteiger partial charge is 0.465 e. The van der Waals surface area contributed by atoms with Gasteiger partial charge in [0, 0.05) is 26.1 Å². The van der Waals surface area contributed by atoms with E-state index in [0.29, 0.717) is 9.80 Å². The fourth-order valence-corrected chi connectivity index (χ4v) is 3.31. The number of hydrogen-bond acceptors (Lipinski definition) is 3. The number of hydrogen-bond donors (Lipinski definition) is 1. The van der Waals surface area contributed by atoms with Gasteiger partial charge in [0.1, 0.15) is 5.60 Å². The van der Waals surface area contributed by atoms with E-state index in [4.69, 9.17) is 9.84 Å². The first kappa shape index (κ1) is 24.2. The molecule has 1 rings (SSSR count). The van der Waals surface area contributed by atoms with E-state index < -0.39 is 60.5 Å². The Bertz CT molecular complexity index is 587. The van der Waals surface area contributed by atoms with Gasteiger partial charge in [0.05, 0.1) is 5.54 Å². The number of halogens is 6. The predicted molar refractivity (Wildman–Crippen MR) is 85.7 cm³/mol. The summed E-state index contributed by atoms with van der Waals surface area (Å²) in [5.41, 5.74) is -2.96. The average molecular weight is 422 g/mol. The Hall–Kier alpha value is -1.88.